The highest BCUT2D eigenvalue weighted by atomic mass is 13.9. The molecule has 0 spiro atoms. The van der Waals surface area contributed by atoms with Gasteiger partial charge in [-0.3, -0.25) is 0 Å². The van der Waals surface area contributed by atoms with Gasteiger partial charge in [-0.05, 0) is 18.9 Å². The molecule has 0 aliphatic carbocycles. The summed E-state index contributed by atoms with van der Waals surface area (Å²) in [5.41, 5.74) is 2.65. The summed E-state index contributed by atoms with van der Waals surface area (Å²) in [7, 11) is 0. The number of unbranched alkanes of at least 4 members (excludes halogenated alkanes) is 2. The van der Waals surface area contributed by atoms with Crippen molar-refractivity contribution >= 4 is 6.08 Å². The van der Waals surface area contributed by atoms with Gasteiger partial charge in [0.05, 0.1) is 0 Å². The summed E-state index contributed by atoms with van der Waals surface area (Å²) in [6, 6.07) is 8.59. The molecule has 0 heterocycles. The van der Waals surface area contributed by atoms with Gasteiger partial charge in [0.1, 0.15) is 0 Å². The van der Waals surface area contributed by atoms with E-state index < -0.39 is 0 Å². The Labute approximate surface area is 81.3 Å². The monoisotopic (exact) mass is 174 g/mol. The highest BCUT2D eigenvalue weighted by molar-refractivity contribution is 5.49. The third kappa shape index (κ3) is 3.93. The van der Waals surface area contributed by atoms with E-state index in [4.69, 9.17) is 0 Å². The fourth-order valence-electron chi connectivity index (χ4n) is 1.32. The molecule has 1 aromatic rings. The summed E-state index contributed by atoms with van der Waals surface area (Å²) in [6.07, 6.45) is 8.24. The predicted molar refractivity (Wildman–Crippen MR) is 59.7 cm³/mol. The minimum atomic E-state index is 1.20. The van der Waals surface area contributed by atoms with E-state index in [0.29, 0.717) is 0 Å². The third-order valence-electron chi connectivity index (χ3n) is 2.08. The van der Waals surface area contributed by atoms with Crippen molar-refractivity contribution in [1.82, 2.24) is 0 Å². The summed E-state index contributed by atoms with van der Waals surface area (Å²) in [5.74, 6) is 0. The maximum atomic E-state index is 2.26. The Balaban J connectivity index is 2.48. The van der Waals surface area contributed by atoms with Gasteiger partial charge < -0.3 is 0 Å². The summed E-state index contributed by atoms with van der Waals surface area (Å²) in [4.78, 5) is 0. The summed E-state index contributed by atoms with van der Waals surface area (Å²) >= 11 is 0. The van der Waals surface area contributed by atoms with Gasteiger partial charge in [-0.15, -0.1) is 0 Å². The van der Waals surface area contributed by atoms with E-state index in [2.05, 4.69) is 50.3 Å². The van der Waals surface area contributed by atoms with Crippen LogP contribution in [0.5, 0.6) is 0 Å². The van der Waals surface area contributed by atoms with Crippen LogP contribution in [-0.2, 0) is 0 Å². The van der Waals surface area contributed by atoms with Crippen molar-refractivity contribution in [3.63, 3.8) is 0 Å². The van der Waals surface area contributed by atoms with E-state index in [1.54, 1.807) is 0 Å². The summed E-state index contributed by atoms with van der Waals surface area (Å²) in [5, 5.41) is 0. The molecule has 0 N–H and O–H groups in total. The maximum Gasteiger partial charge on any atom is -0.0257 e. The van der Waals surface area contributed by atoms with E-state index in [9.17, 15) is 0 Å². The van der Waals surface area contributed by atoms with Crippen LogP contribution < -0.4 is 0 Å². The Kier molecular flexibility index (Phi) is 4.31. The second-order valence-electron chi connectivity index (χ2n) is 3.46. The first-order valence-electron chi connectivity index (χ1n) is 5.06. The van der Waals surface area contributed by atoms with Crippen LogP contribution in [0.1, 0.15) is 37.3 Å². The minimum Gasteiger partial charge on any atom is -0.0839 e. The molecule has 0 atom stereocenters. The first-order chi connectivity index (χ1) is 6.33. The fourth-order valence-corrected chi connectivity index (χ4v) is 1.32. The minimum absolute atomic E-state index is 1.20. The molecular formula is C13H18. The van der Waals surface area contributed by atoms with E-state index in [1.165, 1.54) is 30.4 Å². The molecule has 0 aromatic heterocycles. The number of hydrogen-bond acceptors (Lipinski definition) is 0. The first-order valence-corrected chi connectivity index (χ1v) is 5.06. The Hall–Kier alpha value is -1.04. The lowest BCUT2D eigenvalue weighted by Gasteiger charge is -1.95. The van der Waals surface area contributed by atoms with Crippen molar-refractivity contribution in [2.75, 3.05) is 0 Å². The van der Waals surface area contributed by atoms with Gasteiger partial charge in [-0.1, -0.05) is 61.7 Å². The lowest BCUT2D eigenvalue weighted by molar-refractivity contribution is 0.816. The van der Waals surface area contributed by atoms with Crippen molar-refractivity contribution in [3.8, 4) is 0 Å². The average molecular weight is 174 g/mol. The molecule has 0 amide bonds. The smallest absolute Gasteiger partial charge is 0.0257 e. The molecular weight excluding hydrogens is 156 g/mol. The number of allylic oxidation sites excluding steroid dienone is 1. The third-order valence-corrected chi connectivity index (χ3v) is 2.08. The van der Waals surface area contributed by atoms with Gasteiger partial charge in [-0.25, -0.2) is 0 Å². The topological polar surface area (TPSA) is 0 Å². The second kappa shape index (κ2) is 5.58. The molecule has 0 nitrogen and oxygen atoms in total. The Bertz CT molecular complexity index is 271. The number of hydrogen-bond donors (Lipinski definition) is 0. The van der Waals surface area contributed by atoms with Crippen molar-refractivity contribution < 1.29 is 0 Å². The van der Waals surface area contributed by atoms with Gasteiger partial charge >= 0.3 is 0 Å². The standard InChI is InChI=1S/C13H18/c1-3-4-5-6-9-13-10-7-8-12(2)11-13/h6-11H,3-5H2,1-2H3. The van der Waals surface area contributed by atoms with Crippen LogP contribution in [0.3, 0.4) is 0 Å². The molecule has 0 radical (unpaired) electrons. The second-order valence-corrected chi connectivity index (χ2v) is 3.46. The summed E-state index contributed by atoms with van der Waals surface area (Å²) < 4.78 is 0. The fraction of sp³-hybridized carbons (Fsp3) is 0.385. The zero-order valence-electron chi connectivity index (χ0n) is 8.59. The van der Waals surface area contributed by atoms with Crippen LogP contribution in [0, 0.1) is 6.92 Å². The zero-order chi connectivity index (χ0) is 9.52. The molecule has 0 bridgehead atoms. The van der Waals surface area contributed by atoms with Gasteiger partial charge in [0.2, 0.25) is 0 Å². The molecule has 0 heteroatoms. The van der Waals surface area contributed by atoms with Crippen molar-refractivity contribution in [3.05, 3.63) is 41.5 Å². The molecule has 1 aromatic carbocycles. The zero-order valence-corrected chi connectivity index (χ0v) is 8.59. The van der Waals surface area contributed by atoms with Crippen LogP contribution in [0.25, 0.3) is 6.08 Å². The predicted octanol–water partition coefficient (Wildman–Crippen LogP) is 4.20. The van der Waals surface area contributed by atoms with Crippen LogP contribution in [0.2, 0.25) is 0 Å². The molecule has 1 rings (SSSR count). The van der Waals surface area contributed by atoms with Crippen molar-refractivity contribution in [2.24, 2.45) is 0 Å². The molecule has 0 aliphatic heterocycles. The number of benzene rings is 1. The summed E-state index contributed by atoms with van der Waals surface area (Å²) in [6.45, 7) is 4.35. The number of rotatable bonds is 4. The van der Waals surface area contributed by atoms with E-state index in [-0.39, 0.29) is 0 Å². The van der Waals surface area contributed by atoms with Crippen LogP contribution in [0.15, 0.2) is 30.3 Å². The number of aryl methyl sites for hydroxylation is 1. The first kappa shape index (κ1) is 10.0. The average Bonchev–Trinajstić information content (AvgIpc) is 2.13. The molecule has 0 unspecified atom stereocenters. The molecule has 0 aliphatic rings. The van der Waals surface area contributed by atoms with Crippen LogP contribution in [-0.4, -0.2) is 0 Å². The van der Waals surface area contributed by atoms with Crippen LogP contribution >= 0.6 is 0 Å². The maximum absolute atomic E-state index is 2.26. The van der Waals surface area contributed by atoms with E-state index >= 15 is 0 Å². The van der Waals surface area contributed by atoms with E-state index in [1.807, 2.05) is 0 Å². The van der Waals surface area contributed by atoms with Gasteiger partial charge in [0, 0.05) is 0 Å². The van der Waals surface area contributed by atoms with Crippen molar-refractivity contribution in [2.45, 2.75) is 33.1 Å². The lowest BCUT2D eigenvalue weighted by Crippen LogP contribution is -1.74. The Morgan fingerprint density at radius 1 is 1.31 bits per heavy atom. The SMILES string of the molecule is CCCCC=Cc1cccc(C)c1. The molecule has 0 fully saturated rings. The largest absolute Gasteiger partial charge is 0.0839 e. The van der Waals surface area contributed by atoms with Crippen molar-refractivity contribution in [1.29, 1.82) is 0 Å². The van der Waals surface area contributed by atoms with Gasteiger partial charge in [-0.2, -0.15) is 0 Å². The van der Waals surface area contributed by atoms with Gasteiger partial charge in [0.15, 0.2) is 0 Å². The normalized spacial score (nSPS) is 10.9. The highest BCUT2D eigenvalue weighted by Gasteiger charge is 1.86. The van der Waals surface area contributed by atoms with Gasteiger partial charge in [0.25, 0.3) is 0 Å². The molecule has 0 saturated carbocycles. The van der Waals surface area contributed by atoms with Crippen LogP contribution in [0.4, 0.5) is 0 Å². The highest BCUT2D eigenvalue weighted by Crippen LogP contribution is 2.07. The Morgan fingerprint density at radius 3 is 2.85 bits per heavy atom. The van der Waals surface area contributed by atoms with E-state index in [0.717, 1.165) is 0 Å². The Morgan fingerprint density at radius 2 is 2.15 bits per heavy atom. The molecule has 0 saturated heterocycles. The quantitative estimate of drug-likeness (QED) is 0.600. The molecule has 70 valence electrons. The lowest BCUT2D eigenvalue weighted by atomic mass is 10.1. The molecule has 13 heavy (non-hydrogen) atoms.